The zero-order valence-electron chi connectivity index (χ0n) is 18.9. The van der Waals surface area contributed by atoms with Crippen molar-refractivity contribution in [3.05, 3.63) is 65.7 Å². The van der Waals surface area contributed by atoms with Gasteiger partial charge in [-0.1, -0.05) is 18.6 Å². The zero-order chi connectivity index (χ0) is 24.3. The Hall–Kier alpha value is -3.56. The molecule has 2 unspecified atom stereocenters. The summed E-state index contributed by atoms with van der Waals surface area (Å²) in [5.41, 5.74) is 1.27. The Morgan fingerprint density at radius 3 is 2.53 bits per heavy atom. The Balaban J connectivity index is 1.56. The van der Waals surface area contributed by atoms with Crippen molar-refractivity contribution in [1.82, 2.24) is 24.8 Å². The smallest absolute Gasteiger partial charge is 0.352 e. The number of hydrogen-bond donors (Lipinski definition) is 1. The molecule has 0 radical (unpaired) electrons. The number of aromatic nitrogens is 4. The van der Waals surface area contributed by atoms with Crippen LogP contribution in [0.3, 0.4) is 0 Å². The maximum absolute atomic E-state index is 13.7. The maximum atomic E-state index is 13.7. The highest BCUT2D eigenvalue weighted by atomic mass is 19.4. The first-order valence-corrected chi connectivity index (χ1v) is 11.1. The summed E-state index contributed by atoms with van der Waals surface area (Å²) in [6.45, 7) is 4.91. The molecule has 3 aromatic rings. The molecule has 34 heavy (non-hydrogen) atoms. The number of hydrogen-bond acceptors (Lipinski definition) is 6. The third kappa shape index (κ3) is 5.16. The van der Waals surface area contributed by atoms with Gasteiger partial charge in [-0.2, -0.15) is 13.2 Å². The second-order valence-corrected chi connectivity index (χ2v) is 8.48. The summed E-state index contributed by atoms with van der Waals surface area (Å²) in [4.78, 5) is 31.7. The number of anilines is 1. The molecular weight excluding hydrogens is 445 g/mol. The van der Waals surface area contributed by atoms with Gasteiger partial charge >= 0.3 is 6.18 Å². The summed E-state index contributed by atoms with van der Waals surface area (Å²) in [5.74, 6) is 0.620. The van der Waals surface area contributed by atoms with E-state index in [2.05, 4.69) is 32.2 Å². The minimum atomic E-state index is -4.49. The molecule has 1 fully saturated rings. The number of halogens is 3. The van der Waals surface area contributed by atoms with Crippen molar-refractivity contribution in [1.29, 1.82) is 0 Å². The summed E-state index contributed by atoms with van der Waals surface area (Å²) < 4.78 is 38.3. The number of alkyl halides is 3. The number of amides is 1. The van der Waals surface area contributed by atoms with Crippen molar-refractivity contribution < 1.29 is 18.0 Å². The number of piperidine rings is 1. The lowest BCUT2D eigenvalue weighted by molar-refractivity contribution is -0.138. The Kier molecular flexibility index (Phi) is 6.76. The van der Waals surface area contributed by atoms with Crippen LogP contribution in [-0.2, 0) is 6.18 Å². The minimum absolute atomic E-state index is 0.0897. The topological polar surface area (TPSA) is 83.9 Å². The monoisotopic (exact) mass is 470 g/mol. The highest BCUT2D eigenvalue weighted by Crippen LogP contribution is 2.30. The van der Waals surface area contributed by atoms with E-state index in [-0.39, 0.29) is 23.8 Å². The molecule has 0 bridgehead atoms. The molecule has 3 heterocycles. The number of carbonyl (C=O) groups excluding carboxylic acids is 1. The first-order chi connectivity index (χ1) is 16.2. The van der Waals surface area contributed by atoms with Gasteiger partial charge in [-0.25, -0.2) is 19.9 Å². The van der Waals surface area contributed by atoms with Crippen molar-refractivity contribution in [2.75, 3.05) is 18.4 Å². The standard InChI is InChI=1S/C24H25F3N6O/c1-15-6-7-18(19(11-15)21-28-8-4-9-29-21)22(34)33-10-3-5-16(2)20(33)14-32-23-30-12-17(13-31-23)24(25,26)27/h4,6-9,11-13,16,20H,3,5,10,14H2,1-2H3,(H,30,31,32). The fourth-order valence-corrected chi connectivity index (χ4v) is 4.20. The number of carbonyl (C=O) groups is 1. The Morgan fingerprint density at radius 1 is 1.15 bits per heavy atom. The highest BCUT2D eigenvalue weighted by molar-refractivity contribution is 6.00. The molecule has 2 atom stereocenters. The Bertz CT molecular complexity index is 1140. The minimum Gasteiger partial charge on any atom is -0.352 e. The van der Waals surface area contributed by atoms with Crippen LogP contribution < -0.4 is 5.32 Å². The molecular formula is C24H25F3N6O. The average molecular weight is 470 g/mol. The van der Waals surface area contributed by atoms with Crippen LogP contribution in [0.2, 0.25) is 0 Å². The third-order valence-corrected chi connectivity index (χ3v) is 6.04. The fraction of sp³-hybridized carbons (Fsp3) is 0.375. The molecule has 10 heteroatoms. The van der Waals surface area contributed by atoms with Crippen LogP contribution in [0.4, 0.5) is 19.1 Å². The number of likely N-dealkylation sites (tertiary alicyclic amines) is 1. The van der Waals surface area contributed by atoms with E-state index in [9.17, 15) is 18.0 Å². The molecule has 2 aromatic heterocycles. The van der Waals surface area contributed by atoms with E-state index in [1.54, 1.807) is 24.5 Å². The molecule has 1 N–H and O–H groups in total. The fourth-order valence-electron chi connectivity index (χ4n) is 4.20. The van der Waals surface area contributed by atoms with Crippen LogP contribution in [0, 0.1) is 12.8 Å². The number of aryl methyl sites for hydroxylation is 1. The molecule has 0 spiro atoms. The van der Waals surface area contributed by atoms with E-state index in [4.69, 9.17) is 0 Å². The van der Waals surface area contributed by atoms with Gasteiger partial charge in [0.2, 0.25) is 5.95 Å². The summed E-state index contributed by atoms with van der Waals surface area (Å²) in [7, 11) is 0. The largest absolute Gasteiger partial charge is 0.419 e. The van der Waals surface area contributed by atoms with Gasteiger partial charge in [-0.05, 0) is 43.9 Å². The summed E-state index contributed by atoms with van der Waals surface area (Å²) >= 11 is 0. The van der Waals surface area contributed by atoms with Crippen molar-refractivity contribution in [3.63, 3.8) is 0 Å². The van der Waals surface area contributed by atoms with Crippen molar-refractivity contribution in [2.24, 2.45) is 5.92 Å². The lowest BCUT2D eigenvalue weighted by Crippen LogP contribution is -2.51. The van der Waals surface area contributed by atoms with Crippen LogP contribution in [0.5, 0.6) is 0 Å². The predicted octanol–water partition coefficient (Wildman–Crippen LogP) is 4.61. The van der Waals surface area contributed by atoms with Crippen LogP contribution in [0.1, 0.15) is 41.3 Å². The Labute approximate surface area is 195 Å². The molecule has 4 rings (SSSR count). The van der Waals surface area contributed by atoms with Crippen LogP contribution in [0.15, 0.2) is 49.1 Å². The first-order valence-electron chi connectivity index (χ1n) is 11.1. The van der Waals surface area contributed by atoms with Gasteiger partial charge in [0, 0.05) is 43.4 Å². The zero-order valence-corrected chi connectivity index (χ0v) is 18.9. The third-order valence-electron chi connectivity index (χ3n) is 6.04. The van der Waals surface area contributed by atoms with Crippen molar-refractivity contribution >= 4 is 11.9 Å². The summed E-state index contributed by atoms with van der Waals surface area (Å²) in [6.07, 6.45) is 2.09. The van der Waals surface area contributed by atoms with Gasteiger partial charge in [-0.15, -0.1) is 0 Å². The van der Waals surface area contributed by atoms with E-state index in [0.717, 1.165) is 30.8 Å². The summed E-state index contributed by atoms with van der Waals surface area (Å²) in [5, 5.41) is 3.01. The molecule has 1 aliphatic heterocycles. The normalized spacial score (nSPS) is 18.6. The van der Waals surface area contributed by atoms with Crippen LogP contribution in [-0.4, -0.2) is 49.9 Å². The molecule has 1 saturated heterocycles. The molecule has 1 aliphatic rings. The van der Waals surface area contributed by atoms with Gasteiger partial charge in [-0.3, -0.25) is 4.79 Å². The highest BCUT2D eigenvalue weighted by Gasteiger charge is 2.34. The van der Waals surface area contributed by atoms with Gasteiger partial charge < -0.3 is 10.2 Å². The lowest BCUT2D eigenvalue weighted by atomic mass is 9.89. The van der Waals surface area contributed by atoms with Gasteiger partial charge in [0.25, 0.3) is 5.91 Å². The maximum Gasteiger partial charge on any atom is 0.419 e. The van der Waals surface area contributed by atoms with Crippen molar-refractivity contribution in [3.8, 4) is 11.4 Å². The molecule has 178 valence electrons. The number of nitrogens with zero attached hydrogens (tertiary/aromatic N) is 5. The second kappa shape index (κ2) is 9.74. The average Bonchev–Trinajstić information content (AvgIpc) is 2.83. The van der Waals surface area contributed by atoms with E-state index < -0.39 is 11.7 Å². The number of nitrogens with one attached hydrogen (secondary N) is 1. The molecule has 0 saturated carbocycles. The first kappa shape index (κ1) is 23.6. The lowest BCUT2D eigenvalue weighted by Gasteiger charge is -2.40. The van der Waals surface area contributed by atoms with Crippen molar-refractivity contribution in [2.45, 2.75) is 38.9 Å². The second-order valence-electron chi connectivity index (χ2n) is 8.48. The quantitative estimate of drug-likeness (QED) is 0.586. The number of rotatable bonds is 5. The van der Waals surface area contributed by atoms with E-state index in [1.165, 1.54) is 0 Å². The van der Waals surface area contributed by atoms with E-state index in [1.807, 2.05) is 24.0 Å². The van der Waals surface area contributed by atoms with E-state index in [0.29, 0.717) is 30.0 Å². The predicted molar refractivity (Wildman–Crippen MR) is 121 cm³/mol. The number of benzene rings is 1. The molecule has 1 aromatic carbocycles. The summed E-state index contributed by atoms with van der Waals surface area (Å²) in [6, 6.07) is 7.12. The van der Waals surface area contributed by atoms with E-state index >= 15 is 0 Å². The van der Waals surface area contributed by atoms with Crippen LogP contribution in [0.25, 0.3) is 11.4 Å². The molecule has 7 nitrogen and oxygen atoms in total. The van der Waals surface area contributed by atoms with Gasteiger partial charge in [0.05, 0.1) is 17.2 Å². The Morgan fingerprint density at radius 2 is 1.85 bits per heavy atom. The van der Waals surface area contributed by atoms with Gasteiger partial charge in [0.15, 0.2) is 5.82 Å². The van der Waals surface area contributed by atoms with Gasteiger partial charge in [0.1, 0.15) is 0 Å². The van der Waals surface area contributed by atoms with Crippen LogP contribution >= 0.6 is 0 Å². The molecule has 0 aliphatic carbocycles. The molecule has 1 amide bonds. The SMILES string of the molecule is Cc1ccc(C(=O)N2CCCC(C)C2CNc2ncc(C(F)(F)F)cn2)c(-c2ncccn2)c1.